The Labute approximate surface area is 271 Å². The molecule has 0 amide bonds. The van der Waals surface area contributed by atoms with E-state index in [-0.39, 0.29) is 7.92 Å². The van der Waals surface area contributed by atoms with Gasteiger partial charge in [0.15, 0.2) is 0 Å². The molecule has 4 heteroatoms. The number of fused-ring (bicyclic) bond motifs is 1. The Kier molecular flexibility index (Phi) is 9.15. The molecule has 0 spiro atoms. The Morgan fingerprint density at radius 1 is 0.636 bits per heavy atom. The minimum Gasteiger partial charge on any atom is -0.455 e. The maximum Gasteiger partial charge on any atom is 0.143 e. The van der Waals surface area contributed by atoms with Gasteiger partial charge in [-0.15, -0.1) is 11.3 Å². The predicted octanol–water partition coefficient (Wildman–Crippen LogP) is 10.9. The van der Waals surface area contributed by atoms with Crippen LogP contribution >= 0.6 is 27.2 Å². The van der Waals surface area contributed by atoms with Gasteiger partial charge >= 0.3 is 0 Å². The van der Waals surface area contributed by atoms with E-state index in [1.165, 1.54) is 107 Å². The number of furan rings is 1. The molecule has 228 valence electrons. The average molecular weight is 637 g/mol. The zero-order valence-corrected chi connectivity index (χ0v) is 29.5. The van der Waals surface area contributed by atoms with E-state index < -0.39 is 7.92 Å². The van der Waals surface area contributed by atoms with Gasteiger partial charge in [-0.1, -0.05) is 113 Å². The van der Waals surface area contributed by atoms with Crippen molar-refractivity contribution in [1.82, 2.24) is 0 Å². The van der Waals surface area contributed by atoms with Gasteiger partial charge in [-0.05, 0) is 97.8 Å². The third-order valence-corrected chi connectivity index (χ3v) is 17.2. The van der Waals surface area contributed by atoms with Crippen molar-refractivity contribution in [3.63, 3.8) is 0 Å². The summed E-state index contributed by atoms with van der Waals surface area (Å²) < 4.78 is 7.22. The molecule has 44 heavy (non-hydrogen) atoms. The Bertz CT molecular complexity index is 1660. The van der Waals surface area contributed by atoms with E-state index in [9.17, 15) is 0 Å². The van der Waals surface area contributed by atoms with Crippen LogP contribution in [0.5, 0.6) is 0 Å². The topological polar surface area (TPSA) is 13.1 Å². The summed E-state index contributed by atoms with van der Waals surface area (Å²) in [5.41, 5.74) is 9.55. The monoisotopic (exact) mass is 636 g/mol. The van der Waals surface area contributed by atoms with Gasteiger partial charge < -0.3 is 4.42 Å². The molecule has 2 heterocycles. The molecule has 0 N–H and O–H groups in total. The number of benzene rings is 3. The summed E-state index contributed by atoms with van der Waals surface area (Å²) in [5.74, 6) is 0. The van der Waals surface area contributed by atoms with Gasteiger partial charge in [0.05, 0.1) is 0 Å². The van der Waals surface area contributed by atoms with Crippen LogP contribution in [0.4, 0.5) is 0 Å². The van der Waals surface area contributed by atoms with E-state index in [4.69, 9.17) is 4.42 Å². The van der Waals surface area contributed by atoms with E-state index in [0.29, 0.717) is 0 Å². The minimum absolute atomic E-state index is 0.253. The quantitative estimate of drug-likeness (QED) is 0.162. The highest BCUT2D eigenvalue weighted by molar-refractivity contribution is 7.79. The van der Waals surface area contributed by atoms with Gasteiger partial charge in [0.2, 0.25) is 0 Å². The second kappa shape index (κ2) is 13.2. The summed E-state index contributed by atoms with van der Waals surface area (Å²) >= 11 is 2.06. The fraction of sp³-hybridized carbons (Fsp3) is 0.400. The first-order valence-corrected chi connectivity index (χ1v) is 20.5. The fourth-order valence-corrected chi connectivity index (χ4v) is 16.1. The lowest BCUT2D eigenvalue weighted by Gasteiger charge is -2.39. The van der Waals surface area contributed by atoms with Crippen molar-refractivity contribution < 1.29 is 4.42 Å². The number of thiophene rings is 1. The fourth-order valence-electron chi connectivity index (χ4n) is 8.18. The molecule has 0 bridgehead atoms. The molecular weight excluding hydrogens is 590 g/mol. The van der Waals surface area contributed by atoms with Gasteiger partial charge in [0.25, 0.3) is 0 Å². The number of aryl methyl sites for hydroxylation is 4. The van der Waals surface area contributed by atoms with Crippen molar-refractivity contribution in [3.8, 4) is 11.1 Å². The Morgan fingerprint density at radius 2 is 1.18 bits per heavy atom. The van der Waals surface area contributed by atoms with Crippen LogP contribution in [0.25, 0.3) is 22.1 Å². The molecule has 3 aromatic carbocycles. The molecule has 2 aromatic heterocycles. The van der Waals surface area contributed by atoms with Gasteiger partial charge in [-0.3, -0.25) is 0 Å². The minimum atomic E-state index is -0.878. The second-order valence-corrected chi connectivity index (χ2v) is 19.4. The van der Waals surface area contributed by atoms with Crippen LogP contribution in [0, 0.1) is 27.7 Å². The highest BCUT2D eigenvalue weighted by atomic mass is 32.1. The van der Waals surface area contributed by atoms with E-state index in [0.717, 1.165) is 16.9 Å². The summed E-state index contributed by atoms with van der Waals surface area (Å²) in [4.78, 5) is 3.06. The van der Waals surface area contributed by atoms with Gasteiger partial charge in [-0.2, -0.15) is 0 Å². The smallest absolute Gasteiger partial charge is 0.143 e. The molecule has 2 aliphatic rings. The molecular formula is C40H46OP2S. The number of hydrogen-bond acceptors (Lipinski definition) is 2. The Morgan fingerprint density at radius 3 is 1.73 bits per heavy atom. The van der Waals surface area contributed by atoms with Crippen molar-refractivity contribution in [1.29, 1.82) is 0 Å². The molecule has 1 nitrogen and oxygen atoms in total. The maximum atomic E-state index is 7.22. The first-order valence-electron chi connectivity index (χ1n) is 16.8. The SMILES string of the molecule is Cc1cc(C)c2c(-c3c(C)sc(C)c3P(C3CCCCC3)C3CCCCC3)c(P(c3ccccc3)c3ccccc3)oc2c1. The molecule has 0 aliphatic heterocycles. The summed E-state index contributed by atoms with van der Waals surface area (Å²) in [5, 5.41) is 5.81. The summed E-state index contributed by atoms with van der Waals surface area (Å²) in [6, 6.07) is 27.0. The number of hydrogen-bond donors (Lipinski definition) is 0. The lowest BCUT2D eigenvalue weighted by molar-refractivity contribution is 0.487. The van der Waals surface area contributed by atoms with Crippen LogP contribution in [0.1, 0.15) is 85.1 Å². The summed E-state index contributed by atoms with van der Waals surface area (Å²) in [7, 11) is -1.13. The standard InChI is InChI=1S/C40H46OP2S/c1-27-25-28(2)36-35(26-27)41-40(43(33-21-13-7-14-22-33)34-23-15-8-16-24-34)38(36)37-29(3)44-30(4)39(37)42(31-17-9-5-10-18-31)32-19-11-6-12-20-32/h7-8,13-16,21-26,31-32H,5-6,9-12,17-20H2,1-4H3. The molecule has 0 saturated heterocycles. The first kappa shape index (κ1) is 30.4. The van der Waals surface area contributed by atoms with Crippen molar-refractivity contribution in [2.24, 2.45) is 0 Å². The van der Waals surface area contributed by atoms with Crippen molar-refractivity contribution in [3.05, 3.63) is 93.7 Å². The van der Waals surface area contributed by atoms with Gasteiger partial charge in [0.1, 0.15) is 11.1 Å². The lowest BCUT2D eigenvalue weighted by atomic mass is 9.99. The van der Waals surface area contributed by atoms with E-state index in [1.807, 2.05) is 0 Å². The first-order chi connectivity index (χ1) is 21.5. The molecule has 0 unspecified atom stereocenters. The van der Waals surface area contributed by atoms with Crippen LogP contribution in [0.2, 0.25) is 0 Å². The van der Waals surface area contributed by atoms with E-state index in [1.54, 1.807) is 15.7 Å². The van der Waals surface area contributed by atoms with Crippen molar-refractivity contribution >= 4 is 59.6 Å². The largest absolute Gasteiger partial charge is 0.455 e. The van der Waals surface area contributed by atoms with Crippen LogP contribution in [-0.4, -0.2) is 11.3 Å². The predicted molar refractivity (Wildman–Crippen MR) is 197 cm³/mol. The molecule has 0 atom stereocenters. The van der Waals surface area contributed by atoms with Crippen LogP contribution in [0.3, 0.4) is 0 Å². The third-order valence-electron chi connectivity index (χ3n) is 10.0. The molecule has 2 aliphatic carbocycles. The van der Waals surface area contributed by atoms with Crippen molar-refractivity contribution in [2.75, 3.05) is 0 Å². The van der Waals surface area contributed by atoms with Gasteiger partial charge in [0, 0.05) is 34.2 Å². The molecule has 0 radical (unpaired) electrons. The van der Waals surface area contributed by atoms with Crippen LogP contribution in [-0.2, 0) is 0 Å². The van der Waals surface area contributed by atoms with E-state index in [2.05, 4.69) is 112 Å². The summed E-state index contributed by atoms with van der Waals surface area (Å²) in [6.07, 6.45) is 14.2. The van der Waals surface area contributed by atoms with E-state index >= 15 is 0 Å². The highest BCUT2D eigenvalue weighted by Crippen LogP contribution is 2.59. The highest BCUT2D eigenvalue weighted by Gasteiger charge is 2.38. The van der Waals surface area contributed by atoms with Crippen molar-refractivity contribution in [2.45, 2.75) is 103 Å². The normalized spacial score (nSPS) is 16.9. The van der Waals surface area contributed by atoms with Gasteiger partial charge in [-0.25, -0.2) is 0 Å². The van der Waals surface area contributed by atoms with Crippen LogP contribution in [0.15, 0.2) is 77.2 Å². The third kappa shape index (κ3) is 5.77. The maximum absolute atomic E-state index is 7.22. The van der Waals surface area contributed by atoms with Crippen LogP contribution < -0.4 is 21.4 Å². The molecule has 5 aromatic rings. The summed E-state index contributed by atoms with van der Waals surface area (Å²) in [6.45, 7) is 9.38. The lowest BCUT2D eigenvalue weighted by Crippen LogP contribution is -2.28. The molecule has 2 fully saturated rings. The average Bonchev–Trinajstić information content (AvgIpc) is 3.55. The Hall–Kier alpha value is -2.24. The Balaban J connectivity index is 1.53. The molecule has 7 rings (SSSR count). The second-order valence-electron chi connectivity index (χ2n) is 13.2. The molecule has 2 saturated carbocycles. The zero-order chi connectivity index (χ0) is 30.2. The zero-order valence-electron chi connectivity index (χ0n) is 26.9. The number of rotatable bonds is 7.